The normalized spacial score (nSPS) is 13.8. The molecule has 2 atom stereocenters. The molecular weight excluding hydrogens is 278 g/mol. The van der Waals surface area contributed by atoms with E-state index in [1.807, 2.05) is 0 Å². The third kappa shape index (κ3) is 6.18. The van der Waals surface area contributed by atoms with Crippen molar-refractivity contribution in [2.45, 2.75) is 71.8 Å². The third-order valence-electron chi connectivity index (χ3n) is 4.04. The smallest absolute Gasteiger partial charge is 0.273 e. The summed E-state index contributed by atoms with van der Waals surface area (Å²) in [6.07, 6.45) is 8.96. The minimum absolute atomic E-state index is 0.173. The summed E-state index contributed by atoms with van der Waals surface area (Å²) in [5.41, 5.74) is 6.33. The maximum absolute atomic E-state index is 12.1. The summed E-state index contributed by atoms with van der Waals surface area (Å²) in [6, 6.07) is -0.227. The molecule has 0 fully saturated rings. The van der Waals surface area contributed by atoms with E-state index in [0.717, 1.165) is 32.1 Å². The Morgan fingerprint density at radius 2 is 1.95 bits per heavy atom. The van der Waals surface area contributed by atoms with Crippen molar-refractivity contribution in [3.8, 4) is 0 Å². The van der Waals surface area contributed by atoms with Crippen LogP contribution in [0.1, 0.15) is 88.1 Å². The summed E-state index contributed by atoms with van der Waals surface area (Å²) < 4.78 is 5.35. The molecule has 0 saturated carbocycles. The van der Waals surface area contributed by atoms with E-state index in [-0.39, 0.29) is 11.9 Å². The van der Waals surface area contributed by atoms with Crippen LogP contribution in [0.3, 0.4) is 0 Å². The van der Waals surface area contributed by atoms with Crippen LogP contribution in [0.4, 0.5) is 0 Å². The van der Waals surface area contributed by atoms with E-state index < -0.39 is 0 Å². The van der Waals surface area contributed by atoms with E-state index in [0.29, 0.717) is 24.0 Å². The average Bonchev–Trinajstić information content (AvgIpc) is 3.02. The van der Waals surface area contributed by atoms with Crippen molar-refractivity contribution in [2.24, 2.45) is 11.7 Å². The molecule has 0 aliphatic rings. The first-order valence-electron chi connectivity index (χ1n) is 8.61. The number of unbranched alkanes of at least 4 members (excludes halogenated alkanes) is 2. The number of nitrogens with two attached hydrogens (primary N) is 1. The minimum atomic E-state index is -0.227. The Balaban J connectivity index is 2.47. The van der Waals surface area contributed by atoms with E-state index >= 15 is 0 Å². The average molecular weight is 309 g/mol. The van der Waals surface area contributed by atoms with Crippen LogP contribution in [0, 0.1) is 5.92 Å². The van der Waals surface area contributed by atoms with Gasteiger partial charge < -0.3 is 15.5 Å². The van der Waals surface area contributed by atoms with Crippen LogP contribution in [-0.2, 0) is 0 Å². The first kappa shape index (κ1) is 18.7. The molecule has 1 aromatic rings. The molecular formula is C17H31N3O2. The summed E-state index contributed by atoms with van der Waals surface area (Å²) >= 11 is 0. The molecule has 0 radical (unpaired) electrons. The third-order valence-corrected chi connectivity index (χ3v) is 4.04. The predicted octanol–water partition coefficient (Wildman–Crippen LogP) is 3.81. The molecule has 0 spiro atoms. The first-order chi connectivity index (χ1) is 10.6. The number of carbonyl (C=O) groups is 1. The number of nitrogens with one attached hydrogen (secondary N) is 1. The second kappa shape index (κ2) is 10.4. The minimum Gasteiger partial charge on any atom is -0.446 e. The first-order valence-corrected chi connectivity index (χ1v) is 8.61. The van der Waals surface area contributed by atoms with Gasteiger partial charge in [0.25, 0.3) is 5.91 Å². The van der Waals surface area contributed by atoms with Gasteiger partial charge in [-0.05, 0) is 18.8 Å². The van der Waals surface area contributed by atoms with Crippen molar-refractivity contribution in [3.05, 3.63) is 17.8 Å². The summed E-state index contributed by atoms with van der Waals surface area (Å²) in [4.78, 5) is 16.3. The van der Waals surface area contributed by atoms with Crippen molar-refractivity contribution in [1.82, 2.24) is 10.3 Å². The fraction of sp³-hybridized carbons (Fsp3) is 0.765. The summed E-state index contributed by atoms with van der Waals surface area (Å²) in [5.74, 6) is 0.811. The zero-order valence-corrected chi connectivity index (χ0v) is 14.2. The van der Waals surface area contributed by atoms with Gasteiger partial charge in [0.2, 0.25) is 5.89 Å². The Morgan fingerprint density at radius 1 is 1.27 bits per heavy atom. The lowest BCUT2D eigenvalue weighted by Crippen LogP contribution is -2.29. The van der Waals surface area contributed by atoms with Gasteiger partial charge in [-0.1, -0.05) is 52.9 Å². The molecule has 0 aromatic carbocycles. The number of nitrogens with zero attached hydrogens (tertiary/aromatic N) is 1. The Hall–Kier alpha value is -1.36. The van der Waals surface area contributed by atoms with E-state index in [4.69, 9.17) is 10.2 Å². The second-order valence-electron chi connectivity index (χ2n) is 5.95. The molecule has 0 saturated heterocycles. The van der Waals surface area contributed by atoms with Crippen LogP contribution in [0.15, 0.2) is 10.7 Å². The van der Waals surface area contributed by atoms with Crippen LogP contribution in [-0.4, -0.2) is 17.4 Å². The largest absolute Gasteiger partial charge is 0.446 e. The van der Waals surface area contributed by atoms with Crippen LogP contribution in [0.5, 0.6) is 0 Å². The Labute approximate surface area is 134 Å². The molecule has 126 valence electrons. The Kier molecular flexibility index (Phi) is 8.82. The van der Waals surface area contributed by atoms with Crippen molar-refractivity contribution < 1.29 is 9.21 Å². The van der Waals surface area contributed by atoms with E-state index in [1.165, 1.54) is 19.1 Å². The molecule has 5 heteroatoms. The SMILES string of the molecule is CCCCC(CC)CNC(=O)c1coc(C(N)CCCC)n1. The molecule has 5 nitrogen and oxygen atoms in total. The monoisotopic (exact) mass is 309 g/mol. The molecule has 0 aliphatic heterocycles. The molecule has 2 unspecified atom stereocenters. The predicted molar refractivity (Wildman–Crippen MR) is 88.6 cm³/mol. The molecule has 1 aromatic heterocycles. The zero-order chi connectivity index (χ0) is 16.4. The van der Waals surface area contributed by atoms with Gasteiger partial charge in [0.15, 0.2) is 5.69 Å². The van der Waals surface area contributed by atoms with Gasteiger partial charge in [0, 0.05) is 6.54 Å². The summed E-state index contributed by atoms with van der Waals surface area (Å²) in [7, 11) is 0. The van der Waals surface area contributed by atoms with Crippen molar-refractivity contribution in [3.63, 3.8) is 0 Å². The van der Waals surface area contributed by atoms with Crippen LogP contribution in [0.2, 0.25) is 0 Å². The van der Waals surface area contributed by atoms with E-state index in [2.05, 4.69) is 31.1 Å². The molecule has 22 heavy (non-hydrogen) atoms. The standard InChI is InChI=1S/C17H31N3O2/c1-4-7-9-13(6-3)11-19-16(21)15-12-22-17(20-15)14(18)10-8-5-2/h12-14H,4-11,18H2,1-3H3,(H,19,21). The van der Waals surface area contributed by atoms with Crippen LogP contribution < -0.4 is 11.1 Å². The summed E-state index contributed by atoms with van der Waals surface area (Å²) in [6.45, 7) is 7.15. The second-order valence-corrected chi connectivity index (χ2v) is 5.95. The topological polar surface area (TPSA) is 81.2 Å². The van der Waals surface area contributed by atoms with Gasteiger partial charge in [-0.3, -0.25) is 4.79 Å². The maximum Gasteiger partial charge on any atom is 0.273 e. The van der Waals surface area contributed by atoms with Gasteiger partial charge in [-0.25, -0.2) is 4.98 Å². The lowest BCUT2D eigenvalue weighted by molar-refractivity contribution is 0.0940. The molecule has 1 rings (SSSR count). The Morgan fingerprint density at radius 3 is 2.59 bits per heavy atom. The number of oxazole rings is 1. The fourth-order valence-electron chi connectivity index (χ4n) is 2.38. The van der Waals surface area contributed by atoms with Crippen molar-refractivity contribution in [1.29, 1.82) is 0 Å². The highest BCUT2D eigenvalue weighted by atomic mass is 16.3. The van der Waals surface area contributed by atoms with Crippen molar-refractivity contribution >= 4 is 5.91 Å². The number of amides is 1. The fourth-order valence-corrected chi connectivity index (χ4v) is 2.38. The number of carbonyl (C=O) groups excluding carboxylic acids is 1. The summed E-state index contributed by atoms with van der Waals surface area (Å²) in [5, 5.41) is 2.95. The lowest BCUT2D eigenvalue weighted by atomic mass is 9.99. The van der Waals surface area contributed by atoms with Gasteiger partial charge in [0.1, 0.15) is 6.26 Å². The molecule has 1 heterocycles. The quantitative estimate of drug-likeness (QED) is 0.651. The number of hydrogen-bond acceptors (Lipinski definition) is 4. The zero-order valence-electron chi connectivity index (χ0n) is 14.2. The van der Waals surface area contributed by atoms with Crippen molar-refractivity contribution in [2.75, 3.05) is 6.54 Å². The highest BCUT2D eigenvalue weighted by molar-refractivity contribution is 5.91. The van der Waals surface area contributed by atoms with E-state index in [1.54, 1.807) is 0 Å². The van der Waals surface area contributed by atoms with Gasteiger partial charge in [-0.15, -0.1) is 0 Å². The number of rotatable bonds is 11. The van der Waals surface area contributed by atoms with Gasteiger partial charge >= 0.3 is 0 Å². The van der Waals surface area contributed by atoms with E-state index in [9.17, 15) is 4.79 Å². The molecule has 0 bridgehead atoms. The molecule has 0 aliphatic carbocycles. The highest BCUT2D eigenvalue weighted by Crippen LogP contribution is 2.16. The van der Waals surface area contributed by atoms with Crippen LogP contribution in [0.25, 0.3) is 0 Å². The lowest BCUT2D eigenvalue weighted by Gasteiger charge is -2.14. The van der Waals surface area contributed by atoms with Gasteiger partial charge in [-0.2, -0.15) is 0 Å². The highest BCUT2D eigenvalue weighted by Gasteiger charge is 2.17. The Bertz CT molecular complexity index is 431. The van der Waals surface area contributed by atoms with Crippen LogP contribution >= 0.6 is 0 Å². The number of aromatic nitrogens is 1. The maximum atomic E-state index is 12.1. The molecule has 3 N–H and O–H groups in total. The number of hydrogen-bond donors (Lipinski definition) is 2. The van der Waals surface area contributed by atoms with Gasteiger partial charge in [0.05, 0.1) is 6.04 Å². The molecule has 1 amide bonds.